The van der Waals surface area contributed by atoms with Crippen molar-refractivity contribution in [3.63, 3.8) is 0 Å². The van der Waals surface area contributed by atoms with E-state index in [1.165, 1.54) is 18.2 Å². The van der Waals surface area contributed by atoms with Crippen LogP contribution in [0.4, 0.5) is 0 Å². The zero-order valence-electron chi connectivity index (χ0n) is 25.4. The summed E-state index contributed by atoms with van der Waals surface area (Å²) in [5, 5.41) is 14.8. The molecule has 11 nitrogen and oxygen atoms in total. The van der Waals surface area contributed by atoms with Crippen LogP contribution in [0, 0.1) is 11.8 Å². The number of aromatic carboxylic acids is 1. The number of hydrogen-bond donors (Lipinski definition) is 4. The summed E-state index contributed by atoms with van der Waals surface area (Å²) in [4.78, 5) is 56.0. The van der Waals surface area contributed by atoms with Crippen molar-refractivity contribution >= 4 is 23.7 Å². The second-order valence-corrected chi connectivity index (χ2v) is 10.2. The van der Waals surface area contributed by atoms with Crippen molar-refractivity contribution in [3.05, 3.63) is 77.6 Å². The third-order valence-electron chi connectivity index (χ3n) is 7.06. The van der Waals surface area contributed by atoms with Crippen LogP contribution in [0.3, 0.4) is 0 Å². The third-order valence-corrected chi connectivity index (χ3v) is 7.06. The van der Waals surface area contributed by atoms with Crippen LogP contribution in [0.5, 0.6) is 5.75 Å². The minimum absolute atomic E-state index is 0.0196. The van der Waals surface area contributed by atoms with Crippen LogP contribution in [0.15, 0.2) is 65.1 Å². The molecule has 2 atom stereocenters. The number of carboxylic acid groups (broad SMARTS) is 1. The molecule has 0 unspecified atom stereocenters. The molecule has 3 amide bonds. The first-order valence-corrected chi connectivity index (χ1v) is 14.9. The van der Waals surface area contributed by atoms with Gasteiger partial charge in [0.1, 0.15) is 11.5 Å². The minimum atomic E-state index is -1.12. The van der Waals surface area contributed by atoms with Gasteiger partial charge in [-0.3, -0.25) is 19.2 Å². The van der Waals surface area contributed by atoms with Gasteiger partial charge in [0.2, 0.25) is 11.8 Å². The van der Waals surface area contributed by atoms with Crippen LogP contribution in [0.1, 0.15) is 79.4 Å². The molecule has 3 rings (SSSR count). The molecule has 2 aromatic carbocycles. The van der Waals surface area contributed by atoms with Crippen molar-refractivity contribution in [2.75, 3.05) is 13.3 Å². The Morgan fingerprint density at radius 3 is 2.34 bits per heavy atom. The van der Waals surface area contributed by atoms with E-state index in [1.54, 1.807) is 19.1 Å². The molecule has 0 aliphatic heterocycles. The Morgan fingerprint density at radius 1 is 0.886 bits per heavy atom. The van der Waals surface area contributed by atoms with Crippen molar-refractivity contribution in [1.82, 2.24) is 16.1 Å². The molecule has 1 aromatic heterocycles. The van der Waals surface area contributed by atoms with Gasteiger partial charge in [0.25, 0.3) is 5.91 Å². The summed E-state index contributed by atoms with van der Waals surface area (Å²) in [5.74, 6) is -3.01. The summed E-state index contributed by atoms with van der Waals surface area (Å²) in [5.41, 5.74) is 3.86. The first kappa shape index (κ1) is 33.9. The summed E-state index contributed by atoms with van der Waals surface area (Å²) < 4.78 is 11.1. The first-order chi connectivity index (χ1) is 21.3. The number of hydroxylamine groups is 1. The topological polar surface area (TPSA) is 156 Å². The maximum Gasteiger partial charge on any atom is 0.335 e. The lowest BCUT2D eigenvalue weighted by Gasteiger charge is -2.24. The standard InChI is InChI=1S/C33H41N3O8/c1-4-7-9-14-27(26(5-2)31(38)36-43-20-22-12-10-8-11-13-22)30(37)34-21-35-32(39)29-16-15-28(44-29)23-17-24(33(40)41)19-25(18-23)42-6-3/h8,10-13,15-19,26-27H,4-7,9,14,20-21H2,1-3H3,(H,34,37)(H,35,39)(H,36,38)(H,40,41)/t26-,27-/m1/s1. The number of nitrogens with one attached hydrogen (secondary N) is 3. The number of furan rings is 1. The van der Waals surface area contributed by atoms with Crippen LogP contribution in [0.2, 0.25) is 0 Å². The molecule has 11 heteroatoms. The predicted octanol–water partition coefficient (Wildman–Crippen LogP) is 5.32. The molecule has 0 fully saturated rings. The van der Waals surface area contributed by atoms with E-state index < -0.39 is 23.7 Å². The number of carbonyl (C=O) groups is 4. The summed E-state index contributed by atoms with van der Waals surface area (Å²) in [6.45, 7) is 6.07. The SMILES string of the molecule is CCCCC[C@@H](C(=O)NCNC(=O)c1ccc(-c2cc(OCC)cc(C(=O)O)c2)o1)[C@@H](CC)C(=O)NOCc1ccccc1. The largest absolute Gasteiger partial charge is 0.494 e. The maximum atomic E-state index is 13.3. The van der Waals surface area contributed by atoms with Crippen molar-refractivity contribution in [3.8, 4) is 17.1 Å². The van der Waals surface area contributed by atoms with Crippen molar-refractivity contribution < 1.29 is 38.3 Å². The van der Waals surface area contributed by atoms with Crippen LogP contribution >= 0.6 is 0 Å². The molecule has 0 aliphatic rings. The highest BCUT2D eigenvalue weighted by molar-refractivity contribution is 5.93. The van der Waals surface area contributed by atoms with Crippen LogP contribution in [-0.4, -0.2) is 42.1 Å². The van der Waals surface area contributed by atoms with E-state index >= 15 is 0 Å². The second kappa shape index (κ2) is 17.5. The molecule has 4 N–H and O–H groups in total. The van der Waals surface area contributed by atoms with Crippen molar-refractivity contribution in [2.24, 2.45) is 11.8 Å². The molecule has 0 saturated heterocycles. The number of benzene rings is 2. The maximum absolute atomic E-state index is 13.3. The fourth-order valence-electron chi connectivity index (χ4n) is 4.78. The molecule has 0 spiro atoms. The number of unbranched alkanes of at least 4 members (excludes halogenated alkanes) is 2. The Bertz CT molecular complexity index is 1390. The average molecular weight is 608 g/mol. The summed E-state index contributed by atoms with van der Waals surface area (Å²) >= 11 is 0. The van der Waals surface area contributed by atoms with Gasteiger partial charge in [-0.05, 0) is 55.7 Å². The highest BCUT2D eigenvalue weighted by atomic mass is 16.6. The molecule has 44 heavy (non-hydrogen) atoms. The number of rotatable bonds is 18. The van der Waals surface area contributed by atoms with Crippen molar-refractivity contribution in [2.45, 2.75) is 59.5 Å². The summed E-state index contributed by atoms with van der Waals surface area (Å²) in [7, 11) is 0. The third kappa shape index (κ3) is 9.98. The normalized spacial score (nSPS) is 12.2. The van der Waals surface area contributed by atoms with E-state index in [9.17, 15) is 24.3 Å². The summed E-state index contributed by atoms with van der Waals surface area (Å²) in [6, 6.07) is 16.9. The highest BCUT2D eigenvalue weighted by Gasteiger charge is 2.32. The van der Waals surface area contributed by atoms with Crippen molar-refractivity contribution in [1.29, 1.82) is 0 Å². The van der Waals surface area contributed by atoms with Crippen LogP contribution < -0.4 is 20.9 Å². The molecule has 3 aromatic rings. The van der Waals surface area contributed by atoms with Gasteiger partial charge < -0.3 is 24.9 Å². The van der Waals surface area contributed by atoms with Gasteiger partial charge in [-0.15, -0.1) is 0 Å². The number of amides is 3. The number of hydrogen-bond acceptors (Lipinski definition) is 7. The lowest BCUT2D eigenvalue weighted by molar-refractivity contribution is -0.144. The zero-order valence-corrected chi connectivity index (χ0v) is 25.4. The number of carbonyl (C=O) groups excluding carboxylic acids is 3. The molecule has 0 radical (unpaired) electrons. The lowest BCUT2D eigenvalue weighted by Crippen LogP contribution is -2.45. The van der Waals surface area contributed by atoms with E-state index in [-0.39, 0.29) is 42.2 Å². The highest BCUT2D eigenvalue weighted by Crippen LogP contribution is 2.28. The second-order valence-electron chi connectivity index (χ2n) is 10.2. The van der Waals surface area contributed by atoms with E-state index in [0.29, 0.717) is 30.8 Å². The van der Waals surface area contributed by atoms with E-state index in [1.807, 2.05) is 37.3 Å². The number of carboxylic acids is 1. The average Bonchev–Trinajstić information content (AvgIpc) is 3.52. The fourth-order valence-corrected chi connectivity index (χ4v) is 4.78. The van der Waals surface area contributed by atoms with Gasteiger partial charge >= 0.3 is 5.97 Å². The molecule has 236 valence electrons. The van der Waals surface area contributed by atoms with Gasteiger partial charge in [-0.1, -0.05) is 63.4 Å². The molecule has 0 saturated carbocycles. The van der Waals surface area contributed by atoms with E-state index in [4.69, 9.17) is 14.0 Å². The smallest absolute Gasteiger partial charge is 0.335 e. The molecular formula is C33H41N3O8. The molecular weight excluding hydrogens is 566 g/mol. The Balaban J connectivity index is 1.60. The molecule has 1 heterocycles. The quantitative estimate of drug-likeness (QED) is 0.0860. The minimum Gasteiger partial charge on any atom is -0.494 e. The lowest BCUT2D eigenvalue weighted by atomic mass is 9.84. The molecule has 0 bridgehead atoms. The first-order valence-electron chi connectivity index (χ1n) is 14.9. The Morgan fingerprint density at radius 2 is 1.66 bits per heavy atom. The Labute approximate surface area is 257 Å². The zero-order chi connectivity index (χ0) is 31.9. The van der Waals surface area contributed by atoms with Gasteiger partial charge in [0, 0.05) is 11.5 Å². The Kier molecular flexibility index (Phi) is 13.4. The number of ether oxygens (including phenoxy) is 1. The van der Waals surface area contributed by atoms with Crippen LogP contribution in [-0.2, 0) is 21.0 Å². The predicted molar refractivity (Wildman–Crippen MR) is 164 cm³/mol. The molecule has 0 aliphatic carbocycles. The summed E-state index contributed by atoms with van der Waals surface area (Å²) in [6.07, 6.45) is 3.61. The van der Waals surface area contributed by atoms with Gasteiger partial charge in [0.05, 0.1) is 31.4 Å². The van der Waals surface area contributed by atoms with Gasteiger partial charge in [0.15, 0.2) is 5.76 Å². The van der Waals surface area contributed by atoms with E-state index in [0.717, 1.165) is 24.8 Å². The van der Waals surface area contributed by atoms with Gasteiger partial charge in [-0.25, -0.2) is 10.3 Å². The monoisotopic (exact) mass is 607 g/mol. The van der Waals surface area contributed by atoms with Gasteiger partial charge in [-0.2, -0.15) is 0 Å². The van der Waals surface area contributed by atoms with Crippen LogP contribution in [0.25, 0.3) is 11.3 Å². The van der Waals surface area contributed by atoms with E-state index in [2.05, 4.69) is 23.0 Å². The fraction of sp³-hybridized carbons (Fsp3) is 0.394. The Hall–Kier alpha value is -4.64.